The number of thioether (sulfide) groups is 1. The highest BCUT2D eigenvalue weighted by Gasteiger charge is 2.37. The first-order chi connectivity index (χ1) is 14.9. The molecule has 0 saturated carbocycles. The van der Waals surface area contributed by atoms with Crippen molar-refractivity contribution in [2.75, 3.05) is 24.5 Å². The third-order valence-electron chi connectivity index (χ3n) is 6.19. The Morgan fingerprint density at radius 1 is 1.06 bits per heavy atom. The number of amidine groups is 1. The first-order valence-corrected chi connectivity index (χ1v) is 13.0. The molecule has 8 heteroatoms. The number of fused-ring (bicyclic) bond motifs is 2. The quantitative estimate of drug-likeness (QED) is 0.655. The van der Waals surface area contributed by atoms with Crippen molar-refractivity contribution in [2.24, 2.45) is 10.3 Å². The molecule has 2 aromatic carbocycles. The zero-order valence-corrected chi connectivity index (χ0v) is 19.0. The third-order valence-corrected chi connectivity index (χ3v) is 8.75. The number of amides is 1. The minimum atomic E-state index is -3.67. The molecule has 0 radical (unpaired) electrons. The molecule has 31 heavy (non-hydrogen) atoms. The SMILES string of the molecule is CC1CCN(C(=O)C2CCCN(C3=NS(=O)(=O)c4ccccc43)C2)c2ccccc2S1. The zero-order valence-electron chi connectivity index (χ0n) is 17.4. The number of piperidine rings is 1. The lowest BCUT2D eigenvalue weighted by Crippen LogP contribution is -2.47. The van der Waals surface area contributed by atoms with E-state index in [0.717, 1.165) is 29.8 Å². The normalized spacial score (nSPS) is 24.7. The van der Waals surface area contributed by atoms with E-state index in [1.165, 1.54) is 0 Å². The van der Waals surface area contributed by atoms with Crippen LogP contribution in [0.5, 0.6) is 0 Å². The van der Waals surface area contributed by atoms with Gasteiger partial charge >= 0.3 is 0 Å². The maximum Gasteiger partial charge on any atom is 0.285 e. The summed E-state index contributed by atoms with van der Waals surface area (Å²) < 4.78 is 29.0. The highest BCUT2D eigenvalue weighted by Crippen LogP contribution is 2.38. The number of carbonyl (C=O) groups excluding carboxylic acids is 1. The van der Waals surface area contributed by atoms with Crippen LogP contribution in [0.4, 0.5) is 5.69 Å². The first-order valence-electron chi connectivity index (χ1n) is 10.7. The van der Waals surface area contributed by atoms with Gasteiger partial charge in [0.05, 0.1) is 11.6 Å². The molecular weight excluding hydrogens is 430 g/mol. The summed E-state index contributed by atoms with van der Waals surface area (Å²) in [4.78, 5) is 19.0. The van der Waals surface area contributed by atoms with Gasteiger partial charge in [-0.1, -0.05) is 31.2 Å². The Morgan fingerprint density at radius 3 is 2.71 bits per heavy atom. The molecule has 3 aliphatic heterocycles. The Kier molecular flexibility index (Phi) is 5.30. The number of benzene rings is 2. The van der Waals surface area contributed by atoms with Crippen molar-refractivity contribution in [3.8, 4) is 0 Å². The van der Waals surface area contributed by atoms with E-state index in [2.05, 4.69) is 17.4 Å². The molecule has 0 bridgehead atoms. The van der Waals surface area contributed by atoms with E-state index < -0.39 is 10.0 Å². The summed E-state index contributed by atoms with van der Waals surface area (Å²) in [6, 6.07) is 15.1. The van der Waals surface area contributed by atoms with Crippen LogP contribution in [0.25, 0.3) is 0 Å². The first kappa shape index (κ1) is 20.6. The number of hydrogen-bond donors (Lipinski definition) is 0. The summed E-state index contributed by atoms with van der Waals surface area (Å²) in [7, 11) is -3.67. The maximum atomic E-state index is 13.6. The van der Waals surface area contributed by atoms with E-state index in [-0.39, 0.29) is 16.7 Å². The number of para-hydroxylation sites is 1. The topological polar surface area (TPSA) is 70.1 Å². The average molecular weight is 456 g/mol. The van der Waals surface area contributed by atoms with Crippen molar-refractivity contribution >= 4 is 39.2 Å². The highest BCUT2D eigenvalue weighted by atomic mass is 32.2. The van der Waals surface area contributed by atoms with Crippen LogP contribution in [0.2, 0.25) is 0 Å². The summed E-state index contributed by atoms with van der Waals surface area (Å²) >= 11 is 1.82. The van der Waals surface area contributed by atoms with Crippen molar-refractivity contribution in [3.63, 3.8) is 0 Å². The molecular formula is C23H25N3O3S2. The predicted molar refractivity (Wildman–Crippen MR) is 123 cm³/mol. The van der Waals surface area contributed by atoms with Crippen LogP contribution in [-0.2, 0) is 14.8 Å². The molecule has 162 valence electrons. The maximum absolute atomic E-state index is 13.6. The van der Waals surface area contributed by atoms with Crippen molar-refractivity contribution in [1.82, 2.24) is 4.90 Å². The molecule has 6 nitrogen and oxygen atoms in total. The minimum Gasteiger partial charge on any atom is -0.355 e. The standard InChI is InChI=1S/C23H25N3O3S2/c1-16-12-14-26(19-9-3-4-10-20(19)30-16)23(27)17-7-6-13-25(15-17)22-18-8-2-5-11-21(18)31(28,29)24-22/h2-5,8-11,16-17H,6-7,12-15H2,1H3. The monoisotopic (exact) mass is 455 g/mol. The summed E-state index contributed by atoms with van der Waals surface area (Å²) in [5.74, 6) is 0.425. The van der Waals surface area contributed by atoms with Gasteiger partial charge in [0, 0.05) is 35.3 Å². The number of carbonyl (C=O) groups is 1. The molecule has 2 atom stereocenters. The number of likely N-dealkylation sites (tertiary alicyclic amines) is 1. The predicted octanol–water partition coefficient (Wildman–Crippen LogP) is 3.77. The average Bonchev–Trinajstić information content (AvgIpc) is 2.94. The van der Waals surface area contributed by atoms with Gasteiger partial charge in [-0.15, -0.1) is 16.2 Å². The van der Waals surface area contributed by atoms with Crippen LogP contribution in [0.15, 0.2) is 62.7 Å². The van der Waals surface area contributed by atoms with Crippen LogP contribution in [0.1, 0.15) is 31.7 Å². The third kappa shape index (κ3) is 3.76. The van der Waals surface area contributed by atoms with E-state index in [1.54, 1.807) is 18.2 Å². The Morgan fingerprint density at radius 2 is 1.84 bits per heavy atom. The molecule has 2 unspecified atom stereocenters. The van der Waals surface area contributed by atoms with Gasteiger partial charge in [-0.25, -0.2) is 0 Å². The Bertz CT molecular complexity index is 1160. The van der Waals surface area contributed by atoms with Crippen molar-refractivity contribution < 1.29 is 13.2 Å². The second kappa shape index (κ2) is 7.98. The van der Waals surface area contributed by atoms with Crippen LogP contribution >= 0.6 is 11.8 Å². The van der Waals surface area contributed by atoms with Gasteiger partial charge in [0.25, 0.3) is 10.0 Å². The van der Waals surface area contributed by atoms with Gasteiger partial charge in [0.2, 0.25) is 5.91 Å². The Hall–Kier alpha value is -2.32. The summed E-state index contributed by atoms with van der Waals surface area (Å²) in [6.07, 6.45) is 2.58. The second-order valence-electron chi connectivity index (χ2n) is 8.35. The Balaban J connectivity index is 1.41. The van der Waals surface area contributed by atoms with E-state index in [1.807, 2.05) is 45.8 Å². The molecule has 0 aliphatic carbocycles. The number of rotatable bonds is 1. The van der Waals surface area contributed by atoms with Gasteiger partial charge in [-0.05, 0) is 43.5 Å². The number of anilines is 1. The largest absolute Gasteiger partial charge is 0.355 e. The fourth-order valence-corrected chi connectivity index (χ4v) is 6.96. The van der Waals surface area contributed by atoms with E-state index in [4.69, 9.17) is 0 Å². The van der Waals surface area contributed by atoms with Crippen LogP contribution in [0.3, 0.4) is 0 Å². The van der Waals surface area contributed by atoms with E-state index in [0.29, 0.717) is 36.3 Å². The molecule has 2 aromatic rings. The summed E-state index contributed by atoms with van der Waals surface area (Å²) in [6.45, 7) is 4.10. The number of sulfonamides is 1. The van der Waals surface area contributed by atoms with Crippen LogP contribution in [-0.4, -0.2) is 49.9 Å². The smallest absolute Gasteiger partial charge is 0.285 e. The van der Waals surface area contributed by atoms with Gasteiger partial charge in [0.1, 0.15) is 4.90 Å². The molecule has 3 heterocycles. The molecule has 0 spiro atoms. The Labute approximate surface area is 187 Å². The van der Waals surface area contributed by atoms with Crippen molar-refractivity contribution in [3.05, 3.63) is 54.1 Å². The lowest BCUT2D eigenvalue weighted by molar-refractivity contribution is -0.123. The van der Waals surface area contributed by atoms with Crippen LogP contribution in [0, 0.1) is 5.92 Å². The van der Waals surface area contributed by atoms with Gasteiger partial charge in [-0.2, -0.15) is 8.42 Å². The number of nitrogens with zero attached hydrogens (tertiary/aromatic N) is 3. The minimum absolute atomic E-state index is 0.126. The van der Waals surface area contributed by atoms with Gasteiger partial charge in [-0.3, -0.25) is 4.79 Å². The second-order valence-corrected chi connectivity index (χ2v) is 11.4. The van der Waals surface area contributed by atoms with Gasteiger partial charge < -0.3 is 9.80 Å². The summed E-state index contributed by atoms with van der Waals surface area (Å²) in [5, 5.41) is 0.455. The molecule has 1 fully saturated rings. The van der Waals surface area contributed by atoms with Crippen molar-refractivity contribution in [1.29, 1.82) is 0 Å². The van der Waals surface area contributed by atoms with E-state index in [9.17, 15) is 13.2 Å². The zero-order chi connectivity index (χ0) is 21.6. The lowest BCUT2D eigenvalue weighted by atomic mass is 9.95. The highest BCUT2D eigenvalue weighted by molar-refractivity contribution is 8.00. The van der Waals surface area contributed by atoms with Crippen LogP contribution < -0.4 is 4.90 Å². The summed E-state index contributed by atoms with van der Waals surface area (Å²) in [5.41, 5.74) is 1.63. The molecule has 5 rings (SSSR count). The fourth-order valence-electron chi connectivity index (χ4n) is 4.62. The molecule has 1 amide bonds. The van der Waals surface area contributed by atoms with Crippen molar-refractivity contribution in [2.45, 2.75) is 41.2 Å². The molecule has 0 aromatic heterocycles. The lowest BCUT2D eigenvalue weighted by Gasteiger charge is -2.36. The molecule has 0 N–H and O–H groups in total. The van der Waals surface area contributed by atoms with Gasteiger partial charge in [0.15, 0.2) is 5.84 Å². The fraction of sp³-hybridized carbons (Fsp3) is 0.391. The van der Waals surface area contributed by atoms with E-state index >= 15 is 0 Å². The number of hydrogen-bond acceptors (Lipinski definition) is 5. The molecule has 3 aliphatic rings. The molecule has 1 saturated heterocycles.